The summed E-state index contributed by atoms with van der Waals surface area (Å²) in [6.07, 6.45) is 5.99. The Kier molecular flexibility index (Phi) is 7.35. The summed E-state index contributed by atoms with van der Waals surface area (Å²) in [5.41, 5.74) is 1.48. The van der Waals surface area contributed by atoms with Gasteiger partial charge in [0.25, 0.3) is 0 Å². The van der Waals surface area contributed by atoms with Crippen molar-refractivity contribution in [3.05, 3.63) is 35.9 Å². The second kappa shape index (κ2) is 8.78. The highest BCUT2D eigenvalue weighted by molar-refractivity contribution is 5.69. The van der Waals surface area contributed by atoms with Gasteiger partial charge in [0, 0.05) is 6.42 Å². The first-order valence-corrected chi connectivity index (χ1v) is 7.89. The van der Waals surface area contributed by atoms with E-state index in [-0.39, 0.29) is 11.4 Å². The number of esters is 1. The first-order valence-electron chi connectivity index (χ1n) is 7.89. The minimum atomic E-state index is -0.0715. The lowest BCUT2D eigenvalue weighted by Gasteiger charge is -2.33. The first-order chi connectivity index (χ1) is 9.68. The predicted molar refractivity (Wildman–Crippen MR) is 83.8 cm³/mol. The Balaban J connectivity index is 2.85. The van der Waals surface area contributed by atoms with Crippen molar-refractivity contribution in [3.8, 4) is 0 Å². The van der Waals surface area contributed by atoms with Crippen molar-refractivity contribution in [2.45, 2.75) is 64.7 Å². The molecule has 0 amide bonds. The van der Waals surface area contributed by atoms with Crippen LogP contribution in [0, 0.1) is 0 Å². The zero-order chi connectivity index (χ0) is 14.8. The molecular weight excluding hydrogens is 248 g/mol. The molecule has 0 aromatic heterocycles. The maximum atomic E-state index is 11.7. The zero-order valence-electron chi connectivity index (χ0n) is 13.2. The van der Waals surface area contributed by atoms with E-state index in [4.69, 9.17) is 4.74 Å². The van der Waals surface area contributed by atoms with Crippen molar-refractivity contribution < 1.29 is 9.53 Å². The Labute approximate surface area is 123 Å². The molecule has 1 aromatic carbocycles. The Bertz CT molecular complexity index is 386. The van der Waals surface area contributed by atoms with Crippen LogP contribution in [0.15, 0.2) is 30.3 Å². The number of rotatable bonds is 9. The van der Waals surface area contributed by atoms with E-state index in [1.807, 2.05) is 6.92 Å². The third-order valence-corrected chi connectivity index (χ3v) is 4.18. The van der Waals surface area contributed by atoms with Gasteiger partial charge in [-0.25, -0.2) is 0 Å². The molecule has 0 saturated heterocycles. The van der Waals surface area contributed by atoms with E-state index < -0.39 is 0 Å². The van der Waals surface area contributed by atoms with E-state index in [0.717, 1.165) is 19.3 Å². The lowest BCUT2D eigenvalue weighted by atomic mass is 9.71. The Hall–Kier alpha value is -1.31. The number of benzene rings is 1. The fourth-order valence-electron chi connectivity index (χ4n) is 2.85. The van der Waals surface area contributed by atoms with E-state index >= 15 is 0 Å². The molecule has 112 valence electrons. The summed E-state index contributed by atoms with van der Waals surface area (Å²) in [6, 6.07) is 10.6. The fourth-order valence-corrected chi connectivity index (χ4v) is 2.85. The molecule has 0 aliphatic heterocycles. The van der Waals surface area contributed by atoms with Crippen molar-refractivity contribution in [1.29, 1.82) is 0 Å². The number of hydrogen-bond acceptors (Lipinski definition) is 2. The molecule has 2 heteroatoms. The lowest BCUT2D eigenvalue weighted by molar-refractivity contribution is -0.143. The molecule has 1 rings (SSSR count). The molecule has 1 unspecified atom stereocenters. The molecule has 0 bridgehead atoms. The van der Waals surface area contributed by atoms with Gasteiger partial charge in [-0.3, -0.25) is 4.79 Å². The second-order valence-electron chi connectivity index (χ2n) is 5.41. The van der Waals surface area contributed by atoms with E-state index in [9.17, 15) is 4.79 Å². The molecule has 0 saturated carbocycles. The summed E-state index contributed by atoms with van der Waals surface area (Å²) in [6.45, 7) is 6.78. The molecule has 2 nitrogen and oxygen atoms in total. The van der Waals surface area contributed by atoms with Gasteiger partial charge in [0.15, 0.2) is 0 Å². The van der Waals surface area contributed by atoms with Crippen molar-refractivity contribution in [2.24, 2.45) is 0 Å². The molecule has 0 aliphatic rings. The third kappa shape index (κ3) is 4.66. The van der Waals surface area contributed by atoms with E-state index in [1.165, 1.54) is 18.4 Å². The van der Waals surface area contributed by atoms with Crippen molar-refractivity contribution in [2.75, 3.05) is 6.61 Å². The van der Waals surface area contributed by atoms with Crippen molar-refractivity contribution >= 4 is 5.97 Å². The van der Waals surface area contributed by atoms with Gasteiger partial charge in [0.2, 0.25) is 0 Å². The Morgan fingerprint density at radius 3 is 2.35 bits per heavy atom. The lowest BCUT2D eigenvalue weighted by Crippen LogP contribution is -2.27. The zero-order valence-corrected chi connectivity index (χ0v) is 13.2. The molecule has 20 heavy (non-hydrogen) atoms. The first kappa shape index (κ1) is 16.7. The van der Waals surface area contributed by atoms with Crippen LogP contribution in [0.5, 0.6) is 0 Å². The van der Waals surface area contributed by atoms with E-state index in [0.29, 0.717) is 13.0 Å². The molecule has 0 heterocycles. The minimum Gasteiger partial charge on any atom is -0.466 e. The van der Waals surface area contributed by atoms with Gasteiger partial charge in [-0.1, -0.05) is 57.0 Å². The second-order valence-corrected chi connectivity index (χ2v) is 5.41. The van der Waals surface area contributed by atoms with Crippen LogP contribution in [0.3, 0.4) is 0 Å². The predicted octanol–water partition coefficient (Wildman–Crippen LogP) is 4.87. The molecule has 0 N–H and O–H groups in total. The molecule has 0 spiro atoms. The molecule has 1 aromatic rings. The Morgan fingerprint density at radius 1 is 1.10 bits per heavy atom. The third-order valence-electron chi connectivity index (χ3n) is 4.18. The highest BCUT2D eigenvalue weighted by Crippen LogP contribution is 2.38. The number of unbranched alkanes of at least 4 members (excludes halogenated alkanes) is 1. The minimum absolute atomic E-state index is 0.0715. The van der Waals surface area contributed by atoms with Gasteiger partial charge < -0.3 is 4.74 Å². The number of carbonyl (C=O) groups is 1. The standard InChI is InChI=1S/C18H28O2/c1-4-7-14-18(5-2,15-13-17(19)20-6-3)16-11-9-8-10-12-16/h8-12H,4-7,13-15H2,1-3H3. The van der Waals surface area contributed by atoms with E-state index in [1.54, 1.807) is 0 Å². The van der Waals surface area contributed by atoms with Gasteiger partial charge in [0.05, 0.1) is 6.61 Å². The largest absolute Gasteiger partial charge is 0.466 e. The summed E-state index contributed by atoms with van der Waals surface area (Å²) in [5.74, 6) is -0.0715. The summed E-state index contributed by atoms with van der Waals surface area (Å²) in [4.78, 5) is 11.7. The number of ether oxygens (including phenoxy) is 1. The Morgan fingerprint density at radius 2 is 1.80 bits per heavy atom. The van der Waals surface area contributed by atoms with Crippen LogP contribution >= 0.6 is 0 Å². The van der Waals surface area contributed by atoms with Gasteiger partial charge in [0.1, 0.15) is 0 Å². The number of carbonyl (C=O) groups excluding carboxylic acids is 1. The monoisotopic (exact) mass is 276 g/mol. The number of hydrogen-bond donors (Lipinski definition) is 0. The summed E-state index contributed by atoms with van der Waals surface area (Å²) >= 11 is 0. The van der Waals surface area contributed by atoms with Crippen LogP contribution in [0.2, 0.25) is 0 Å². The quantitative estimate of drug-likeness (QED) is 0.602. The van der Waals surface area contributed by atoms with Crippen molar-refractivity contribution in [1.82, 2.24) is 0 Å². The summed E-state index contributed by atoms with van der Waals surface area (Å²) in [5, 5.41) is 0. The molecule has 1 atom stereocenters. The van der Waals surface area contributed by atoms with Crippen LogP contribution in [-0.4, -0.2) is 12.6 Å². The van der Waals surface area contributed by atoms with Gasteiger partial charge in [-0.2, -0.15) is 0 Å². The smallest absolute Gasteiger partial charge is 0.305 e. The van der Waals surface area contributed by atoms with Gasteiger partial charge in [-0.15, -0.1) is 0 Å². The molecule has 0 radical (unpaired) electrons. The fraction of sp³-hybridized carbons (Fsp3) is 0.611. The summed E-state index contributed by atoms with van der Waals surface area (Å²) in [7, 11) is 0. The van der Waals surface area contributed by atoms with Crippen molar-refractivity contribution in [3.63, 3.8) is 0 Å². The van der Waals surface area contributed by atoms with Gasteiger partial charge in [-0.05, 0) is 37.2 Å². The van der Waals surface area contributed by atoms with Crippen LogP contribution < -0.4 is 0 Å². The topological polar surface area (TPSA) is 26.3 Å². The molecular formula is C18H28O2. The molecule has 0 fully saturated rings. The van der Waals surface area contributed by atoms with Crippen LogP contribution in [0.4, 0.5) is 0 Å². The SMILES string of the molecule is CCCCC(CC)(CCC(=O)OCC)c1ccccc1. The van der Waals surface area contributed by atoms with E-state index in [2.05, 4.69) is 44.2 Å². The maximum Gasteiger partial charge on any atom is 0.305 e. The maximum absolute atomic E-state index is 11.7. The highest BCUT2D eigenvalue weighted by Gasteiger charge is 2.30. The highest BCUT2D eigenvalue weighted by atomic mass is 16.5. The average Bonchev–Trinajstić information content (AvgIpc) is 2.49. The molecule has 0 aliphatic carbocycles. The van der Waals surface area contributed by atoms with Crippen LogP contribution in [0.1, 0.15) is 64.9 Å². The van der Waals surface area contributed by atoms with Crippen LogP contribution in [0.25, 0.3) is 0 Å². The van der Waals surface area contributed by atoms with Gasteiger partial charge >= 0.3 is 5.97 Å². The summed E-state index contributed by atoms with van der Waals surface area (Å²) < 4.78 is 5.08. The average molecular weight is 276 g/mol. The van der Waals surface area contributed by atoms with Crippen LogP contribution in [-0.2, 0) is 14.9 Å². The normalized spacial score (nSPS) is 13.8.